The zero-order valence-corrected chi connectivity index (χ0v) is 14.9. The Morgan fingerprint density at radius 3 is 2.62 bits per heavy atom. The molecule has 0 radical (unpaired) electrons. The number of benzene rings is 1. The lowest BCUT2D eigenvalue weighted by molar-refractivity contribution is -0.161. The van der Waals surface area contributed by atoms with Crippen LogP contribution >= 0.6 is 0 Å². The Hall–Kier alpha value is -2.90. The van der Waals surface area contributed by atoms with Gasteiger partial charge in [0, 0.05) is 25.9 Å². The van der Waals surface area contributed by atoms with Gasteiger partial charge in [0.25, 0.3) is 11.8 Å². The third kappa shape index (κ3) is 2.44. The summed E-state index contributed by atoms with van der Waals surface area (Å²) >= 11 is 0. The van der Waals surface area contributed by atoms with Gasteiger partial charge in [0.2, 0.25) is 11.6 Å². The van der Waals surface area contributed by atoms with Crippen LogP contribution in [0.5, 0.6) is 0 Å². The van der Waals surface area contributed by atoms with Gasteiger partial charge in [-0.1, -0.05) is 12.1 Å². The Bertz CT molecular complexity index is 791. The average molecular weight is 359 g/mol. The van der Waals surface area contributed by atoms with E-state index in [2.05, 4.69) is 5.32 Å². The molecule has 0 unspecified atom stereocenters. The number of nitrogens with zero attached hydrogens (tertiary/aromatic N) is 2. The lowest BCUT2D eigenvalue weighted by Gasteiger charge is -2.50. The Balaban J connectivity index is 2.13. The van der Waals surface area contributed by atoms with Crippen molar-refractivity contribution in [1.82, 2.24) is 10.2 Å². The second-order valence-corrected chi connectivity index (χ2v) is 6.58. The smallest absolute Gasteiger partial charge is 0.354 e. The minimum absolute atomic E-state index is 0.111. The third-order valence-electron chi connectivity index (χ3n) is 4.76. The summed E-state index contributed by atoms with van der Waals surface area (Å²) < 4.78 is 5.19. The molecule has 0 saturated carbocycles. The molecule has 1 N–H and O–H groups in total. The number of nitrogens with one attached hydrogen (secondary N) is 1. The second-order valence-electron chi connectivity index (χ2n) is 6.58. The van der Waals surface area contributed by atoms with E-state index < -0.39 is 24.1 Å². The Labute approximate surface area is 151 Å². The lowest BCUT2D eigenvalue weighted by atomic mass is 9.95. The summed E-state index contributed by atoms with van der Waals surface area (Å²) in [6.07, 6.45) is 0.233. The van der Waals surface area contributed by atoms with Crippen LogP contribution in [0.2, 0.25) is 0 Å². The number of carbonyl (C=O) groups excluding carboxylic acids is 4. The maximum absolute atomic E-state index is 13.1. The van der Waals surface area contributed by atoms with Crippen LogP contribution in [0, 0.1) is 0 Å². The molecule has 1 atom stereocenters. The molecule has 26 heavy (non-hydrogen) atoms. The Morgan fingerprint density at radius 1 is 1.27 bits per heavy atom. The summed E-state index contributed by atoms with van der Waals surface area (Å²) in [5.41, 5.74) is -0.801. The van der Waals surface area contributed by atoms with E-state index in [-0.39, 0.29) is 30.7 Å². The first-order valence-electron chi connectivity index (χ1n) is 8.48. The minimum Gasteiger partial charge on any atom is -0.452 e. The number of rotatable bonds is 4. The molecule has 0 aliphatic carbocycles. The van der Waals surface area contributed by atoms with Crippen LogP contribution in [0.3, 0.4) is 0 Å². The monoisotopic (exact) mass is 359 g/mol. The first kappa shape index (κ1) is 17.9. The molecule has 1 aromatic carbocycles. The highest BCUT2D eigenvalue weighted by molar-refractivity contribution is 6.15. The number of fused-ring (bicyclic) bond motifs is 3. The van der Waals surface area contributed by atoms with E-state index in [4.69, 9.17) is 4.74 Å². The van der Waals surface area contributed by atoms with Crippen molar-refractivity contribution >= 4 is 29.4 Å². The lowest BCUT2D eigenvalue weighted by Crippen LogP contribution is -2.70. The Morgan fingerprint density at radius 2 is 1.96 bits per heavy atom. The van der Waals surface area contributed by atoms with E-state index in [0.717, 1.165) is 0 Å². The number of likely N-dealkylation sites (N-methyl/N-ethyl adjacent to an activating group) is 1. The van der Waals surface area contributed by atoms with Crippen LogP contribution in [0.4, 0.5) is 5.69 Å². The number of anilines is 1. The molecule has 0 aromatic heterocycles. The molecule has 3 amide bonds. The van der Waals surface area contributed by atoms with E-state index in [1.165, 1.54) is 16.8 Å². The molecular weight excluding hydrogens is 338 g/mol. The predicted molar refractivity (Wildman–Crippen MR) is 92.2 cm³/mol. The fourth-order valence-corrected chi connectivity index (χ4v) is 3.69. The summed E-state index contributed by atoms with van der Waals surface area (Å²) in [4.78, 5) is 53.0. The normalized spacial score (nSPS) is 21.5. The van der Waals surface area contributed by atoms with Gasteiger partial charge < -0.3 is 15.0 Å². The fourth-order valence-electron chi connectivity index (χ4n) is 3.69. The highest BCUT2D eigenvalue weighted by atomic mass is 16.5. The topological polar surface area (TPSA) is 96.0 Å². The van der Waals surface area contributed by atoms with E-state index in [1.807, 2.05) is 0 Å². The maximum Gasteiger partial charge on any atom is 0.354 e. The number of para-hydroxylation sites is 1. The van der Waals surface area contributed by atoms with Crippen LogP contribution < -0.4 is 10.2 Å². The number of carbonyl (C=O) groups is 4. The van der Waals surface area contributed by atoms with Crippen LogP contribution in [0.15, 0.2) is 24.3 Å². The summed E-state index contributed by atoms with van der Waals surface area (Å²) in [5, 5.41) is 2.37. The molecule has 0 bridgehead atoms. The van der Waals surface area contributed by atoms with E-state index >= 15 is 0 Å². The standard InChI is InChI=1S/C18H21N3O5/c1-11(2)20-16(24)12-6-4-5-7-13(12)21-15(23)8-9-18(20,21)17(25)26-10-14(22)19-3/h4-7,11H,8-10H2,1-3H3,(H,19,22)/t18-/m0/s1. The number of amides is 3. The quantitative estimate of drug-likeness (QED) is 0.797. The number of ether oxygens (including phenoxy) is 1. The van der Waals surface area contributed by atoms with Crippen LogP contribution in [-0.2, 0) is 19.1 Å². The van der Waals surface area contributed by atoms with Crippen molar-refractivity contribution in [3.63, 3.8) is 0 Å². The van der Waals surface area contributed by atoms with E-state index in [0.29, 0.717) is 11.3 Å². The molecule has 0 spiro atoms. The average Bonchev–Trinajstić information content (AvgIpc) is 2.97. The highest BCUT2D eigenvalue weighted by Gasteiger charge is 2.62. The number of hydrogen-bond donors (Lipinski definition) is 1. The first-order valence-corrected chi connectivity index (χ1v) is 8.48. The fraction of sp³-hybridized carbons (Fsp3) is 0.444. The van der Waals surface area contributed by atoms with Gasteiger partial charge in [-0.3, -0.25) is 19.3 Å². The first-order chi connectivity index (χ1) is 12.3. The van der Waals surface area contributed by atoms with Crippen LogP contribution in [-0.4, -0.2) is 54.0 Å². The summed E-state index contributed by atoms with van der Waals surface area (Å²) in [6.45, 7) is 3.09. The molecule has 2 aliphatic heterocycles. The molecule has 8 heteroatoms. The van der Waals surface area contributed by atoms with Crippen molar-refractivity contribution in [2.24, 2.45) is 0 Å². The van der Waals surface area contributed by atoms with E-state index in [9.17, 15) is 19.2 Å². The van der Waals surface area contributed by atoms with Crippen LogP contribution in [0.25, 0.3) is 0 Å². The van der Waals surface area contributed by atoms with Gasteiger partial charge in [0.1, 0.15) is 0 Å². The molecule has 2 heterocycles. The summed E-state index contributed by atoms with van der Waals surface area (Å²) in [7, 11) is 1.43. The van der Waals surface area contributed by atoms with Gasteiger partial charge in [-0.2, -0.15) is 0 Å². The molecular formula is C18H21N3O5. The molecule has 3 rings (SSSR count). The van der Waals surface area contributed by atoms with Crippen molar-refractivity contribution in [3.05, 3.63) is 29.8 Å². The van der Waals surface area contributed by atoms with Gasteiger partial charge in [-0.15, -0.1) is 0 Å². The van der Waals surface area contributed by atoms with Crippen LogP contribution in [0.1, 0.15) is 37.0 Å². The predicted octanol–water partition coefficient (Wildman–Crippen LogP) is 0.663. The van der Waals surface area contributed by atoms with Crippen molar-refractivity contribution in [1.29, 1.82) is 0 Å². The zero-order chi connectivity index (χ0) is 19.1. The van der Waals surface area contributed by atoms with Gasteiger partial charge in [-0.25, -0.2) is 4.79 Å². The SMILES string of the molecule is CNC(=O)COC(=O)[C@]12CCC(=O)N1c1ccccc1C(=O)N2C(C)C. The maximum atomic E-state index is 13.1. The Kier molecular flexibility index (Phi) is 4.43. The molecule has 1 saturated heterocycles. The van der Waals surface area contributed by atoms with Gasteiger partial charge in [0.05, 0.1) is 11.3 Å². The molecule has 2 aliphatic rings. The van der Waals surface area contributed by atoms with Crippen molar-refractivity contribution in [3.8, 4) is 0 Å². The molecule has 8 nitrogen and oxygen atoms in total. The molecule has 138 valence electrons. The zero-order valence-electron chi connectivity index (χ0n) is 14.9. The van der Waals surface area contributed by atoms with Gasteiger partial charge in [-0.05, 0) is 26.0 Å². The van der Waals surface area contributed by atoms with Crippen molar-refractivity contribution < 1.29 is 23.9 Å². The van der Waals surface area contributed by atoms with Crippen molar-refractivity contribution in [2.45, 2.75) is 38.4 Å². The molecule has 1 aromatic rings. The highest BCUT2D eigenvalue weighted by Crippen LogP contribution is 2.45. The third-order valence-corrected chi connectivity index (χ3v) is 4.76. The summed E-state index contributed by atoms with van der Waals surface area (Å²) in [5.74, 6) is -1.83. The van der Waals surface area contributed by atoms with E-state index in [1.54, 1.807) is 38.1 Å². The number of hydrogen-bond acceptors (Lipinski definition) is 5. The second kappa shape index (κ2) is 6.44. The molecule has 1 fully saturated rings. The van der Waals surface area contributed by atoms with Gasteiger partial charge >= 0.3 is 5.97 Å². The summed E-state index contributed by atoms with van der Waals surface area (Å²) in [6, 6.07) is 6.36. The largest absolute Gasteiger partial charge is 0.452 e. The van der Waals surface area contributed by atoms with Crippen molar-refractivity contribution in [2.75, 3.05) is 18.6 Å². The number of esters is 1. The van der Waals surface area contributed by atoms with Gasteiger partial charge in [0.15, 0.2) is 6.61 Å². The minimum atomic E-state index is -1.56.